The molecule has 0 rings (SSSR count). The quantitative estimate of drug-likeness (QED) is 0.0243. The van der Waals surface area contributed by atoms with Gasteiger partial charge >= 0.3 is 7.82 Å². The minimum atomic E-state index is -4.35. The van der Waals surface area contributed by atoms with Crippen LogP contribution >= 0.6 is 7.82 Å². The number of hydrogen-bond acceptors (Lipinski definition) is 5. The summed E-state index contributed by atoms with van der Waals surface area (Å²) in [6.45, 7) is 4.84. The second-order valence-electron chi connectivity index (χ2n) is 23.8. The number of aliphatic hydroxyl groups excluding tert-OH is 1. The van der Waals surface area contributed by atoms with Crippen LogP contribution in [0.1, 0.15) is 322 Å². The Labute approximate surface area is 473 Å². The Morgan fingerprint density at radius 1 is 0.447 bits per heavy atom. The Morgan fingerprint density at radius 2 is 0.750 bits per heavy atom. The molecular formula is C67H130N2O6P+. The van der Waals surface area contributed by atoms with Crippen LogP contribution in [-0.2, 0) is 18.4 Å². The molecule has 76 heavy (non-hydrogen) atoms. The van der Waals surface area contributed by atoms with Gasteiger partial charge in [0, 0.05) is 6.42 Å². The van der Waals surface area contributed by atoms with Crippen LogP contribution in [0.5, 0.6) is 0 Å². The molecule has 0 saturated heterocycles. The molecule has 0 aliphatic heterocycles. The van der Waals surface area contributed by atoms with Gasteiger partial charge in [-0.2, -0.15) is 0 Å². The van der Waals surface area contributed by atoms with E-state index in [1.54, 1.807) is 6.08 Å². The van der Waals surface area contributed by atoms with Crippen molar-refractivity contribution < 1.29 is 32.9 Å². The van der Waals surface area contributed by atoms with Gasteiger partial charge in [0.15, 0.2) is 0 Å². The van der Waals surface area contributed by atoms with E-state index in [0.29, 0.717) is 17.4 Å². The maximum absolute atomic E-state index is 13.0. The van der Waals surface area contributed by atoms with Gasteiger partial charge in [-0.1, -0.05) is 306 Å². The number of phosphoric acid groups is 1. The summed E-state index contributed by atoms with van der Waals surface area (Å²) in [4.78, 5) is 23.4. The van der Waals surface area contributed by atoms with Gasteiger partial charge in [-0.3, -0.25) is 13.8 Å². The first kappa shape index (κ1) is 74.5. The van der Waals surface area contributed by atoms with E-state index in [0.717, 1.165) is 51.4 Å². The van der Waals surface area contributed by atoms with Crippen molar-refractivity contribution in [3.63, 3.8) is 0 Å². The summed E-state index contributed by atoms with van der Waals surface area (Å²) in [6.07, 6.45) is 78.1. The van der Waals surface area contributed by atoms with Crippen molar-refractivity contribution in [1.29, 1.82) is 0 Å². The molecule has 3 atom stereocenters. The first-order chi connectivity index (χ1) is 37.0. The molecule has 0 aromatic heterocycles. The van der Waals surface area contributed by atoms with Crippen molar-refractivity contribution in [2.75, 3.05) is 40.9 Å². The second-order valence-corrected chi connectivity index (χ2v) is 25.3. The number of allylic oxidation sites excluding steroid dienone is 7. The maximum atomic E-state index is 13.0. The zero-order chi connectivity index (χ0) is 55.6. The summed E-state index contributed by atoms with van der Waals surface area (Å²) < 4.78 is 23.8. The molecular weight excluding hydrogens is 960 g/mol. The highest BCUT2D eigenvalue weighted by Crippen LogP contribution is 2.43. The Kier molecular flexibility index (Phi) is 56.9. The molecule has 0 aliphatic rings. The lowest BCUT2D eigenvalue weighted by Crippen LogP contribution is -2.45. The Bertz CT molecular complexity index is 1380. The fourth-order valence-corrected chi connectivity index (χ4v) is 10.6. The van der Waals surface area contributed by atoms with Crippen molar-refractivity contribution in [2.24, 2.45) is 0 Å². The zero-order valence-corrected chi connectivity index (χ0v) is 52.2. The molecule has 3 N–H and O–H groups in total. The van der Waals surface area contributed by atoms with E-state index in [9.17, 15) is 19.4 Å². The third-order valence-electron chi connectivity index (χ3n) is 15.0. The van der Waals surface area contributed by atoms with Crippen LogP contribution in [0.15, 0.2) is 48.6 Å². The first-order valence-corrected chi connectivity index (χ1v) is 34.5. The maximum Gasteiger partial charge on any atom is 0.472 e. The van der Waals surface area contributed by atoms with E-state index < -0.39 is 20.0 Å². The van der Waals surface area contributed by atoms with E-state index in [4.69, 9.17) is 9.05 Å². The van der Waals surface area contributed by atoms with Crippen LogP contribution in [0.3, 0.4) is 0 Å². The van der Waals surface area contributed by atoms with Crippen LogP contribution in [0.4, 0.5) is 0 Å². The monoisotopic (exact) mass is 1090 g/mol. The van der Waals surface area contributed by atoms with Crippen LogP contribution in [0.25, 0.3) is 0 Å². The average molecular weight is 1090 g/mol. The fourth-order valence-electron chi connectivity index (χ4n) is 9.88. The molecule has 0 aromatic carbocycles. The molecule has 0 fully saturated rings. The van der Waals surface area contributed by atoms with Crippen molar-refractivity contribution in [2.45, 2.75) is 334 Å². The number of unbranched alkanes of at least 4 members (excludes halogenated alkanes) is 42. The predicted molar refractivity (Wildman–Crippen MR) is 332 cm³/mol. The number of nitrogens with one attached hydrogen (secondary N) is 1. The van der Waals surface area contributed by atoms with Gasteiger partial charge in [0.25, 0.3) is 0 Å². The molecule has 8 nitrogen and oxygen atoms in total. The number of carbonyl (C=O) groups excluding carboxylic acids is 1. The molecule has 0 radical (unpaired) electrons. The van der Waals surface area contributed by atoms with Gasteiger partial charge in [-0.25, -0.2) is 4.57 Å². The van der Waals surface area contributed by atoms with E-state index in [1.807, 2.05) is 27.2 Å². The molecule has 0 bridgehead atoms. The topological polar surface area (TPSA) is 105 Å². The first-order valence-electron chi connectivity index (χ1n) is 33.0. The number of quaternary nitrogens is 1. The number of carbonyl (C=O) groups is 1. The zero-order valence-electron chi connectivity index (χ0n) is 51.3. The van der Waals surface area contributed by atoms with Crippen molar-refractivity contribution in [3.05, 3.63) is 48.6 Å². The van der Waals surface area contributed by atoms with E-state index in [-0.39, 0.29) is 19.1 Å². The third-order valence-corrected chi connectivity index (χ3v) is 16.0. The lowest BCUT2D eigenvalue weighted by atomic mass is 10.0. The van der Waals surface area contributed by atoms with Crippen LogP contribution < -0.4 is 5.32 Å². The van der Waals surface area contributed by atoms with Gasteiger partial charge < -0.3 is 19.8 Å². The highest BCUT2D eigenvalue weighted by atomic mass is 31.2. The summed E-state index contributed by atoms with van der Waals surface area (Å²) >= 11 is 0. The summed E-state index contributed by atoms with van der Waals surface area (Å²) in [6, 6.07) is -0.852. The molecule has 0 heterocycles. The van der Waals surface area contributed by atoms with Crippen LogP contribution in [0, 0.1) is 0 Å². The largest absolute Gasteiger partial charge is 0.472 e. The molecule has 9 heteroatoms. The van der Waals surface area contributed by atoms with Crippen molar-refractivity contribution in [3.8, 4) is 0 Å². The Balaban J connectivity index is 4.12. The van der Waals surface area contributed by atoms with Crippen LogP contribution in [0.2, 0.25) is 0 Å². The average Bonchev–Trinajstić information content (AvgIpc) is 3.38. The number of rotatable bonds is 61. The lowest BCUT2D eigenvalue weighted by Gasteiger charge is -2.25. The summed E-state index contributed by atoms with van der Waals surface area (Å²) in [5, 5.41) is 14.0. The van der Waals surface area contributed by atoms with E-state index in [2.05, 4.69) is 55.6 Å². The summed E-state index contributed by atoms with van der Waals surface area (Å²) in [5.41, 5.74) is 0. The molecule has 3 unspecified atom stereocenters. The van der Waals surface area contributed by atoms with Gasteiger partial charge in [-0.15, -0.1) is 0 Å². The number of hydrogen-bond donors (Lipinski definition) is 3. The van der Waals surface area contributed by atoms with Crippen LogP contribution in [-0.4, -0.2) is 73.4 Å². The number of likely N-dealkylation sites (N-methyl/N-ethyl adjacent to an activating group) is 1. The Hall–Kier alpha value is -1.54. The smallest absolute Gasteiger partial charge is 0.387 e. The second kappa shape index (κ2) is 58.1. The highest BCUT2D eigenvalue weighted by molar-refractivity contribution is 7.47. The minimum absolute atomic E-state index is 0.0603. The standard InChI is InChI=1S/C67H129N2O6P/c1-6-8-10-12-14-16-18-20-22-24-26-28-30-32-33-34-35-37-38-40-42-44-46-48-50-52-54-56-58-60-66(70)65(64-75-76(72,73)74-63-62-69(3,4)5)68-67(71)61-59-57-55-53-51-49-47-45-43-41-39-36-31-29-27-25-23-21-19-17-15-13-11-9-7-2/h19,21,25,27,31,36,58,60,65-66,70H,6-18,20,22-24,26,28-30,32-35,37-57,59,61-64H2,1-5H3,(H-,68,71,72,73)/p+1/b21-19-,27-25-,36-31-,60-58+. The van der Waals surface area contributed by atoms with Gasteiger partial charge in [-0.05, 0) is 57.8 Å². The number of aliphatic hydroxyl groups is 1. The number of amides is 1. The summed E-state index contributed by atoms with van der Waals surface area (Å²) in [5.74, 6) is -0.178. The number of nitrogens with zero attached hydrogens (tertiary/aromatic N) is 1. The molecule has 0 aliphatic carbocycles. The Morgan fingerprint density at radius 3 is 1.09 bits per heavy atom. The van der Waals surface area contributed by atoms with Gasteiger partial charge in [0.2, 0.25) is 5.91 Å². The van der Waals surface area contributed by atoms with Crippen molar-refractivity contribution >= 4 is 13.7 Å². The van der Waals surface area contributed by atoms with Gasteiger partial charge in [0.1, 0.15) is 13.2 Å². The molecule has 1 amide bonds. The summed E-state index contributed by atoms with van der Waals surface area (Å²) in [7, 11) is 1.58. The fraction of sp³-hybridized carbons (Fsp3) is 0.866. The van der Waals surface area contributed by atoms with E-state index >= 15 is 0 Å². The van der Waals surface area contributed by atoms with Gasteiger partial charge in [0.05, 0.1) is 39.9 Å². The predicted octanol–water partition coefficient (Wildman–Crippen LogP) is 20.7. The third kappa shape index (κ3) is 60.1. The van der Waals surface area contributed by atoms with E-state index in [1.165, 1.54) is 250 Å². The van der Waals surface area contributed by atoms with Crippen molar-refractivity contribution in [1.82, 2.24) is 5.32 Å². The molecule has 0 saturated carbocycles. The minimum Gasteiger partial charge on any atom is -0.387 e. The number of phosphoric ester groups is 1. The molecule has 0 spiro atoms. The SMILES string of the molecule is CCCCCCC/C=C\C/C=C\C/C=C\CCCCCCCCCCCCC(=O)NC(COP(=O)(O)OCC[N+](C)(C)C)C(O)/C=C/CCCCCCCCCCCCCCCCCCCCCCCCCCCCC. The lowest BCUT2D eigenvalue weighted by molar-refractivity contribution is -0.870. The normalized spacial score (nSPS) is 14.0. The highest BCUT2D eigenvalue weighted by Gasteiger charge is 2.28. The molecule has 0 aromatic rings. The molecule has 448 valence electrons.